The van der Waals surface area contributed by atoms with Crippen LogP contribution < -0.4 is 0 Å². The second kappa shape index (κ2) is 7.74. The van der Waals surface area contributed by atoms with Crippen LogP contribution in [0, 0.1) is 12.7 Å². The maximum atomic E-state index is 13.3. The molecule has 3 rings (SSSR count). The first kappa shape index (κ1) is 18.2. The summed E-state index contributed by atoms with van der Waals surface area (Å²) in [6.45, 7) is 2.54. The maximum Gasteiger partial charge on any atom is 0.272 e. The first-order valence-electron chi connectivity index (χ1n) is 8.19. The highest BCUT2D eigenvalue weighted by molar-refractivity contribution is 7.98. The molecule has 2 aromatic carbocycles. The first-order valence-corrected chi connectivity index (χ1v) is 9.41. The second-order valence-electron chi connectivity index (χ2n) is 6.03. The molecule has 6 heteroatoms. The Hall–Kier alpha value is -2.60. The number of rotatable bonds is 5. The van der Waals surface area contributed by atoms with Crippen LogP contribution in [0.5, 0.6) is 0 Å². The highest BCUT2D eigenvalue weighted by Crippen LogP contribution is 2.23. The normalized spacial score (nSPS) is 10.8. The second-order valence-corrected chi connectivity index (χ2v) is 6.80. The summed E-state index contributed by atoms with van der Waals surface area (Å²) < 4.78 is 15.0. The summed E-state index contributed by atoms with van der Waals surface area (Å²) in [5.74, 6) is -0.450. The fourth-order valence-electron chi connectivity index (χ4n) is 2.78. The van der Waals surface area contributed by atoms with Crippen LogP contribution in [0.3, 0.4) is 0 Å². The zero-order valence-corrected chi connectivity index (χ0v) is 15.8. The molecule has 0 aliphatic rings. The lowest BCUT2D eigenvalue weighted by atomic mass is 10.1. The molecule has 0 aliphatic carbocycles. The smallest absolute Gasteiger partial charge is 0.272 e. The molecule has 0 fully saturated rings. The number of aromatic nitrogens is 2. The number of nitrogens with zero attached hydrogens (tertiary/aromatic N) is 3. The van der Waals surface area contributed by atoms with E-state index in [4.69, 9.17) is 0 Å². The van der Waals surface area contributed by atoms with Crippen LogP contribution in [0.25, 0.3) is 5.69 Å². The number of carbonyl (C=O) groups is 1. The number of imidazole rings is 1. The van der Waals surface area contributed by atoms with Crippen molar-refractivity contribution in [2.24, 2.45) is 0 Å². The fourth-order valence-corrected chi connectivity index (χ4v) is 3.32. The SMILES string of the molecule is CSc1ncc(C(=O)N(C)Cc2ccccc2C)n1-c1ccc(F)cc1. The number of hydrogen-bond donors (Lipinski definition) is 0. The van der Waals surface area contributed by atoms with E-state index in [2.05, 4.69) is 4.98 Å². The molecule has 3 aromatic rings. The van der Waals surface area contributed by atoms with E-state index in [9.17, 15) is 9.18 Å². The molecule has 1 amide bonds. The van der Waals surface area contributed by atoms with Crippen LogP contribution in [0.15, 0.2) is 59.9 Å². The molecule has 0 atom stereocenters. The van der Waals surface area contributed by atoms with E-state index in [1.54, 1.807) is 34.8 Å². The van der Waals surface area contributed by atoms with Crippen molar-refractivity contribution in [3.63, 3.8) is 0 Å². The lowest BCUT2D eigenvalue weighted by Crippen LogP contribution is -2.28. The van der Waals surface area contributed by atoms with Gasteiger partial charge in [0.15, 0.2) is 5.16 Å². The van der Waals surface area contributed by atoms with Crippen LogP contribution in [0.4, 0.5) is 4.39 Å². The van der Waals surface area contributed by atoms with Gasteiger partial charge in [0, 0.05) is 19.3 Å². The van der Waals surface area contributed by atoms with Crippen LogP contribution in [-0.2, 0) is 6.54 Å². The predicted octanol–water partition coefficient (Wildman–Crippen LogP) is 4.31. The minimum Gasteiger partial charge on any atom is -0.336 e. The van der Waals surface area contributed by atoms with E-state index in [1.165, 1.54) is 23.9 Å². The zero-order chi connectivity index (χ0) is 18.7. The first-order chi connectivity index (χ1) is 12.5. The number of aryl methyl sites for hydroxylation is 1. The number of halogens is 1. The molecule has 0 bridgehead atoms. The summed E-state index contributed by atoms with van der Waals surface area (Å²) >= 11 is 1.44. The molecule has 4 nitrogen and oxygen atoms in total. The Morgan fingerprint density at radius 3 is 2.54 bits per heavy atom. The van der Waals surface area contributed by atoms with Crippen LogP contribution in [0.2, 0.25) is 0 Å². The van der Waals surface area contributed by atoms with Gasteiger partial charge < -0.3 is 4.90 Å². The third kappa shape index (κ3) is 3.65. The van der Waals surface area contributed by atoms with E-state index >= 15 is 0 Å². The number of thioether (sulfide) groups is 1. The van der Waals surface area contributed by atoms with Crippen molar-refractivity contribution in [1.29, 1.82) is 0 Å². The van der Waals surface area contributed by atoms with Gasteiger partial charge >= 0.3 is 0 Å². The van der Waals surface area contributed by atoms with Crippen molar-refractivity contribution in [3.05, 3.63) is 77.4 Å². The number of carbonyl (C=O) groups excluding carboxylic acids is 1. The van der Waals surface area contributed by atoms with Gasteiger partial charge in [-0.25, -0.2) is 9.37 Å². The summed E-state index contributed by atoms with van der Waals surface area (Å²) in [6, 6.07) is 14.1. The monoisotopic (exact) mass is 369 g/mol. The van der Waals surface area contributed by atoms with Gasteiger partial charge in [0.25, 0.3) is 5.91 Å². The average molecular weight is 369 g/mol. The Morgan fingerprint density at radius 2 is 1.88 bits per heavy atom. The van der Waals surface area contributed by atoms with E-state index in [-0.39, 0.29) is 11.7 Å². The topological polar surface area (TPSA) is 38.1 Å². The summed E-state index contributed by atoms with van der Waals surface area (Å²) in [6.07, 6.45) is 3.47. The average Bonchev–Trinajstić information content (AvgIpc) is 3.07. The van der Waals surface area contributed by atoms with Crippen molar-refractivity contribution < 1.29 is 9.18 Å². The molecule has 1 heterocycles. The van der Waals surface area contributed by atoms with Crippen molar-refractivity contribution in [1.82, 2.24) is 14.5 Å². The van der Waals surface area contributed by atoms with E-state index < -0.39 is 0 Å². The lowest BCUT2D eigenvalue weighted by Gasteiger charge is -2.19. The highest BCUT2D eigenvalue weighted by atomic mass is 32.2. The minimum absolute atomic E-state index is 0.134. The maximum absolute atomic E-state index is 13.3. The fraction of sp³-hybridized carbons (Fsp3) is 0.200. The minimum atomic E-state index is -0.316. The van der Waals surface area contributed by atoms with Crippen LogP contribution >= 0.6 is 11.8 Å². The van der Waals surface area contributed by atoms with Gasteiger partial charge in [-0.1, -0.05) is 36.0 Å². The summed E-state index contributed by atoms with van der Waals surface area (Å²) in [4.78, 5) is 19.0. The molecular formula is C20H20FN3OS. The Balaban J connectivity index is 1.93. The molecule has 0 aliphatic heterocycles. The van der Waals surface area contributed by atoms with Crippen LogP contribution in [-0.4, -0.2) is 33.7 Å². The van der Waals surface area contributed by atoms with Crippen molar-refractivity contribution in [2.45, 2.75) is 18.6 Å². The molecule has 0 saturated carbocycles. The molecule has 134 valence electrons. The molecule has 26 heavy (non-hydrogen) atoms. The van der Waals surface area contributed by atoms with Crippen LogP contribution in [0.1, 0.15) is 21.6 Å². The van der Waals surface area contributed by atoms with Crippen molar-refractivity contribution in [2.75, 3.05) is 13.3 Å². The molecule has 1 aromatic heterocycles. The third-order valence-corrected chi connectivity index (χ3v) is 4.88. The summed E-state index contributed by atoms with van der Waals surface area (Å²) in [5.41, 5.74) is 3.41. The molecule has 0 radical (unpaired) electrons. The largest absolute Gasteiger partial charge is 0.336 e. The molecule has 0 unspecified atom stereocenters. The van der Waals surface area contributed by atoms with E-state index in [0.717, 1.165) is 11.1 Å². The lowest BCUT2D eigenvalue weighted by molar-refractivity contribution is 0.0776. The van der Waals surface area contributed by atoms with Gasteiger partial charge in [-0.15, -0.1) is 0 Å². The third-order valence-electron chi connectivity index (χ3n) is 4.23. The molecular weight excluding hydrogens is 349 g/mol. The van der Waals surface area contributed by atoms with E-state index in [1.807, 2.05) is 37.4 Å². The number of hydrogen-bond acceptors (Lipinski definition) is 3. The van der Waals surface area contributed by atoms with Gasteiger partial charge in [-0.05, 0) is 48.6 Å². The Morgan fingerprint density at radius 1 is 1.19 bits per heavy atom. The van der Waals surface area contributed by atoms with Gasteiger partial charge in [0.1, 0.15) is 11.5 Å². The molecule has 0 saturated heterocycles. The summed E-state index contributed by atoms with van der Waals surface area (Å²) in [5, 5.41) is 0.684. The molecule has 0 spiro atoms. The quantitative estimate of drug-likeness (QED) is 0.629. The molecule has 0 N–H and O–H groups in total. The Bertz CT molecular complexity index is 921. The van der Waals surface area contributed by atoms with E-state index in [0.29, 0.717) is 23.1 Å². The number of benzene rings is 2. The predicted molar refractivity (Wildman–Crippen MR) is 102 cm³/mol. The van der Waals surface area contributed by atoms with Gasteiger partial charge in [-0.3, -0.25) is 9.36 Å². The zero-order valence-electron chi connectivity index (χ0n) is 14.9. The Kier molecular flexibility index (Phi) is 5.42. The Labute approximate surface area is 156 Å². The van der Waals surface area contributed by atoms with Gasteiger partial charge in [0.05, 0.1) is 6.20 Å². The van der Waals surface area contributed by atoms with Crippen molar-refractivity contribution in [3.8, 4) is 5.69 Å². The summed E-state index contributed by atoms with van der Waals surface area (Å²) in [7, 11) is 1.77. The standard InChI is InChI=1S/C20H20FN3OS/c1-14-6-4-5-7-15(14)13-23(2)19(25)18-12-22-20(26-3)24(18)17-10-8-16(21)9-11-17/h4-12H,13H2,1-3H3. The van der Waals surface area contributed by atoms with Gasteiger partial charge in [0.2, 0.25) is 0 Å². The number of amides is 1. The van der Waals surface area contributed by atoms with Gasteiger partial charge in [-0.2, -0.15) is 0 Å². The highest BCUT2D eigenvalue weighted by Gasteiger charge is 2.21. The van der Waals surface area contributed by atoms with Crippen molar-refractivity contribution >= 4 is 17.7 Å².